The van der Waals surface area contributed by atoms with E-state index in [1.807, 2.05) is 43.1 Å². The van der Waals surface area contributed by atoms with Gasteiger partial charge in [0.15, 0.2) is 5.13 Å². The van der Waals surface area contributed by atoms with Gasteiger partial charge in [0.1, 0.15) is 5.69 Å². The summed E-state index contributed by atoms with van der Waals surface area (Å²) >= 11 is 7.44. The van der Waals surface area contributed by atoms with Gasteiger partial charge in [-0.05, 0) is 55.0 Å². The van der Waals surface area contributed by atoms with Gasteiger partial charge in [0, 0.05) is 42.8 Å². The number of carbonyl (C=O) groups is 1. The lowest BCUT2D eigenvalue weighted by molar-refractivity contribution is 0.154. The topological polar surface area (TPSA) is 118 Å². The number of ether oxygens (including phenoxy) is 1. The number of nitrogens with one attached hydrogen (secondary N) is 2. The summed E-state index contributed by atoms with van der Waals surface area (Å²) in [5.74, 6) is 0.173. The lowest BCUT2D eigenvalue weighted by Crippen LogP contribution is -2.22. The Morgan fingerprint density at radius 3 is 2.64 bits per heavy atom. The molecule has 9 nitrogen and oxygen atoms in total. The molecular formula is C25H26ClN7O2S. The fourth-order valence-electron chi connectivity index (χ4n) is 3.35. The maximum Gasteiger partial charge on any atom is 0.323 e. The number of hydrogen-bond donors (Lipinski definition) is 3. The van der Waals surface area contributed by atoms with Gasteiger partial charge in [-0.25, -0.2) is 19.7 Å². The molecule has 186 valence electrons. The molecule has 0 unspecified atom stereocenters. The van der Waals surface area contributed by atoms with Gasteiger partial charge in [-0.1, -0.05) is 35.1 Å². The number of likely N-dealkylation sites (N-methyl/N-ethyl adjacent to an activating group) is 1. The fraction of sp³-hybridized carbons (Fsp3) is 0.200. The van der Waals surface area contributed by atoms with E-state index in [4.69, 9.17) is 27.1 Å². The summed E-state index contributed by atoms with van der Waals surface area (Å²) in [4.78, 5) is 28.7. The third-order valence-corrected chi connectivity index (χ3v) is 6.59. The van der Waals surface area contributed by atoms with Crippen molar-refractivity contribution in [3.05, 3.63) is 65.8 Å². The van der Waals surface area contributed by atoms with Crippen LogP contribution in [-0.4, -0.2) is 47.8 Å². The average molecular weight is 524 g/mol. The maximum atomic E-state index is 12.5. The van der Waals surface area contributed by atoms with Crippen LogP contribution in [0.15, 0.2) is 60.8 Å². The molecule has 36 heavy (non-hydrogen) atoms. The van der Waals surface area contributed by atoms with Crippen molar-refractivity contribution in [3.8, 4) is 21.8 Å². The van der Waals surface area contributed by atoms with Crippen LogP contribution in [0.4, 0.5) is 27.2 Å². The van der Waals surface area contributed by atoms with Crippen LogP contribution in [0.1, 0.15) is 6.92 Å². The van der Waals surface area contributed by atoms with Crippen LogP contribution in [0.2, 0.25) is 5.02 Å². The predicted molar refractivity (Wildman–Crippen MR) is 147 cm³/mol. The molecule has 0 saturated heterocycles. The minimum atomic E-state index is -0.362. The first-order chi connectivity index (χ1) is 17.4. The zero-order valence-electron chi connectivity index (χ0n) is 19.9. The smallest absolute Gasteiger partial charge is 0.323 e. The quantitative estimate of drug-likeness (QED) is 0.244. The van der Waals surface area contributed by atoms with Gasteiger partial charge in [0.2, 0.25) is 5.95 Å². The van der Waals surface area contributed by atoms with Crippen molar-refractivity contribution in [1.29, 1.82) is 0 Å². The Balaban J connectivity index is 1.61. The molecule has 2 aromatic heterocycles. The summed E-state index contributed by atoms with van der Waals surface area (Å²) in [5, 5.41) is 7.09. The first-order valence-corrected chi connectivity index (χ1v) is 12.4. The normalized spacial score (nSPS) is 10.8. The molecule has 2 amide bonds. The molecule has 0 atom stereocenters. The number of carbonyl (C=O) groups excluding carboxylic acids is 1. The third-order valence-electron chi connectivity index (χ3n) is 5.12. The molecular weight excluding hydrogens is 498 g/mol. The van der Waals surface area contributed by atoms with Crippen molar-refractivity contribution < 1.29 is 9.53 Å². The van der Waals surface area contributed by atoms with E-state index in [-0.39, 0.29) is 12.0 Å². The Morgan fingerprint density at radius 1 is 1.11 bits per heavy atom. The minimum absolute atomic E-state index is 0.173. The van der Waals surface area contributed by atoms with E-state index in [0.29, 0.717) is 47.5 Å². The van der Waals surface area contributed by atoms with Gasteiger partial charge in [-0.3, -0.25) is 0 Å². The molecule has 4 rings (SSSR count). The number of nitrogens with two attached hydrogens (primary N) is 1. The zero-order chi connectivity index (χ0) is 25.5. The number of aromatic nitrogens is 3. The monoisotopic (exact) mass is 523 g/mol. The van der Waals surface area contributed by atoms with Crippen LogP contribution in [0, 0.1) is 0 Å². The minimum Gasteiger partial charge on any atom is -0.380 e. The van der Waals surface area contributed by atoms with E-state index in [9.17, 15) is 4.79 Å². The summed E-state index contributed by atoms with van der Waals surface area (Å²) in [6, 6.07) is 15.9. The second-order valence-electron chi connectivity index (χ2n) is 7.76. The van der Waals surface area contributed by atoms with Gasteiger partial charge < -0.3 is 26.0 Å². The van der Waals surface area contributed by atoms with E-state index in [1.165, 1.54) is 11.3 Å². The first kappa shape index (κ1) is 25.4. The van der Waals surface area contributed by atoms with Gasteiger partial charge in [-0.2, -0.15) is 0 Å². The molecule has 4 N–H and O–H groups in total. The Kier molecular flexibility index (Phi) is 8.32. The molecule has 0 radical (unpaired) electrons. The van der Waals surface area contributed by atoms with E-state index >= 15 is 0 Å². The summed E-state index contributed by atoms with van der Waals surface area (Å²) in [6.07, 6.45) is 1.61. The highest BCUT2D eigenvalue weighted by molar-refractivity contribution is 7.19. The highest BCUT2D eigenvalue weighted by Gasteiger charge is 2.19. The van der Waals surface area contributed by atoms with Gasteiger partial charge in [0.05, 0.1) is 17.2 Å². The number of hydrogen-bond acceptors (Lipinski definition) is 8. The van der Waals surface area contributed by atoms with E-state index < -0.39 is 0 Å². The number of nitrogens with zero attached hydrogens (tertiary/aromatic N) is 4. The lowest BCUT2D eigenvalue weighted by atomic mass is 10.1. The van der Waals surface area contributed by atoms with Crippen LogP contribution >= 0.6 is 22.9 Å². The van der Waals surface area contributed by atoms with Crippen LogP contribution in [0.25, 0.3) is 21.8 Å². The Hall–Kier alpha value is -3.73. The zero-order valence-corrected chi connectivity index (χ0v) is 21.4. The molecule has 0 bridgehead atoms. The predicted octanol–water partition coefficient (Wildman–Crippen LogP) is 5.62. The van der Waals surface area contributed by atoms with Crippen LogP contribution in [-0.2, 0) is 4.74 Å². The average Bonchev–Trinajstić information content (AvgIpc) is 3.32. The Labute approximate surface area is 218 Å². The fourth-order valence-corrected chi connectivity index (χ4v) is 4.54. The number of urea groups is 1. The second-order valence-corrected chi connectivity index (χ2v) is 9.17. The molecule has 0 aliphatic carbocycles. The number of halogens is 1. The van der Waals surface area contributed by atoms with Crippen LogP contribution < -0.4 is 21.3 Å². The van der Waals surface area contributed by atoms with Gasteiger partial charge >= 0.3 is 6.03 Å². The molecule has 2 aromatic carbocycles. The highest BCUT2D eigenvalue weighted by atomic mass is 35.5. The molecule has 4 aromatic rings. The number of anilines is 4. The number of thiazole rings is 1. The van der Waals surface area contributed by atoms with E-state index in [2.05, 4.69) is 20.6 Å². The van der Waals surface area contributed by atoms with E-state index in [0.717, 1.165) is 15.6 Å². The first-order valence-electron chi connectivity index (χ1n) is 11.3. The largest absolute Gasteiger partial charge is 0.380 e. The highest BCUT2D eigenvalue weighted by Crippen LogP contribution is 2.40. The maximum absolute atomic E-state index is 12.5. The van der Waals surface area contributed by atoms with Crippen molar-refractivity contribution in [2.45, 2.75) is 6.92 Å². The Morgan fingerprint density at radius 2 is 1.89 bits per heavy atom. The summed E-state index contributed by atoms with van der Waals surface area (Å²) in [7, 11) is 1.97. The van der Waals surface area contributed by atoms with Crippen molar-refractivity contribution >= 4 is 51.4 Å². The van der Waals surface area contributed by atoms with Crippen molar-refractivity contribution in [2.24, 2.45) is 0 Å². The molecule has 2 heterocycles. The third kappa shape index (κ3) is 6.48. The number of benzene rings is 2. The van der Waals surface area contributed by atoms with Crippen molar-refractivity contribution in [2.75, 3.05) is 48.1 Å². The second kappa shape index (κ2) is 11.8. The van der Waals surface area contributed by atoms with Gasteiger partial charge in [0.25, 0.3) is 0 Å². The standard InChI is InChI=1S/C25H26ClN7O2S/c1-3-35-14-13-33(2)25-32-21(20-11-12-28-23(27)31-20)22(36-25)16-5-4-6-19(15-16)30-24(34)29-18-9-7-17(26)8-10-18/h4-12,15H,3,13-14H2,1-2H3,(H2,27,28,31)(H2,29,30,34). The molecule has 0 aliphatic heterocycles. The lowest BCUT2D eigenvalue weighted by Gasteiger charge is -2.15. The van der Waals surface area contributed by atoms with Crippen molar-refractivity contribution in [1.82, 2.24) is 15.0 Å². The number of rotatable bonds is 9. The Bertz CT molecular complexity index is 1330. The molecule has 0 saturated carbocycles. The van der Waals surface area contributed by atoms with Crippen molar-refractivity contribution in [3.63, 3.8) is 0 Å². The number of nitrogen functional groups attached to an aromatic ring is 1. The van der Waals surface area contributed by atoms with Crippen LogP contribution in [0.3, 0.4) is 0 Å². The van der Waals surface area contributed by atoms with Crippen LogP contribution in [0.5, 0.6) is 0 Å². The van der Waals surface area contributed by atoms with Gasteiger partial charge in [-0.15, -0.1) is 0 Å². The molecule has 0 spiro atoms. The molecule has 0 aliphatic rings. The molecule has 11 heteroatoms. The van der Waals surface area contributed by atoms with E-state index in [1.54, 1.807) is 36.5 Å². The summed E-state index contributed by atoms with van der Waals surface area (Å²) in [5.41, 5.74) is 9.31. The summed E-state index contributed by atoms with van der Waals surface area (Å²) < 4.78 is 5.49. The number of amides is 2. The SMILES string of the molecule is CCOCCN(C)c1nc(-c2ccnc(N)n2)c(-c2cccc(NC(=O)Nc3ccc(Cl)cc3)c2)s1. The molecule has 0 fully saturated rings. The summed E-state index contributed by atoms with van der Waals surface area (Å²) in [6.45, 7) is 3.92.